The first kappa shape index (κ1) is 22.3. The van der Waals surface area contributed by atoms with Gasteiger partial charge in [-0.15, -0.1) is 0 Å². The maximum Gasteiger partial charge on any atom is 0.245 e. The van der Waals surface area contributed by atoms with E-state index >= 15 is 0 Å². The number of nitrogens with zero attached hydrogens (tertiary/aromatic N) is 3. The second-order valence-corrected chi connectivity index (χ2v) is 9.79. The van der Waals surface area contributed by atoms with Gasteiger partial charge in [-0.3, -0.25) is 5.43 Å². The Morgan fingerprint density at radius 2 is 1.93 bits per heavy atom. The number of aromatic nitrogens is 1. The fourth-order valence-corrected chi connectivity index (χ4v) is 5.20. The molecule has 0 saturated carbocycles. The van der Waals surface area contributed by atoms with Crippen molar-refractivity contribution in [2.24, 2.45) is 11.0 Å². The quantitative estimate of drug-likeness (QED) is 0.533. The van der Waals surface area contributed by atoms with Crippen molar-refractivity contribution in [1.29, 1.82) is 0 Å². The molecule has 0 bridgehead atoms. The number of rotatable bonds is 7. The number of hydrazone groups is 1. The molecule has 1 N–H and O–H groups in total. The second-order valence-electron chi connectivity index (χ2n) is 7.94. The molecule has 1 aromatic heterocycles. The predicted octanol–water partition coefficient (Wildman–Crippen LogP) is 4.59. The molecule has 0 fully saturated rings. The fourth-order valence-electron chi connectivity index (χ4n) is 3.42. The summed E-state index contributed by atoms with van der Waals surface area (Å²) in [5.74, 6) is 0.917. The Bertz CT molecular complexity index is 860. The average molecular weight is 405 g/mol. The molecule has 1 atom stereocenters. The Hall–Kier alpha value is -1.99. The van der Waals surface area contributed by atoms with Crippen LogP contribution in [0.2, 0.25) is 0 Å². The zero-order valence-corrected chi connectivity index (χ0v) is 18.5. The third kappa shape index (κ3) is 5.08. The van der Waals surface area contributed by atoms with Crippen molar-refractivity contribution < 1.29 is 8.42 Å². The largest absolute Gasteiger partial charge is 0.261 e. The molecule has 1 heterocycles. The zero-order valence-electron chi connectivity index (χ0n) is 17.7. The van der Waals surface area contributed by atoms with E-state index in [1.54, 1.807) is 12.1 Å². The average Bonchev–Trinajstić information content (AvgIpc) is 2.60. The van der Waals surface area contributed by atoms with Gasteiger partial charge in [0.05, 0.1) is 5.71 Å². The van der Waals surface area contributed by atoms with E-state index in [2.05, 4.69) is 28.2 Å². The minimum Gasteiger partial charge on any atom is -0.261 e. The van der Waals surface area contributed by atoms with E-state index in [-0.39, 0.29) is 17.0 Å². The molecule has 28 heavy (non-hydrogen) atoms. The summed E-state index contributed by atoms with van der Waals surface area (Å²) in [5.41, 5.74) is 6.23. The van der Waals surface area contributed by atoms with Crippen LogP contribution in [-0.2, 0) is 10.0 Å². The summed E-state index contributed by atoms with van der Waals surface area (Å²) in [7, 11) is -3.59. The fraction of sp³-hybridized carbons (Fsp3) is 0.524. The molecule has 154 valence electrons. The lowest BCUT2D eigenvalue weighted by Gasteiger charge is -2.29. The molecule has 0 amide bonds. The van der Waals surface area contributed by atoms with Gasteiger partial charge in [-0.25, -0.2) is 13.4 Å². The summed E-state index contributed by atoms with van der Waals surface area (Å²) in [6.45, 7) is 15.6. The van der Waals surface area contributed by atoms with Gasteiger partial charge >= 0.3 is 0 Å². The van der Waals surface area contributed by atoms with Crippen LogP contribution in [0.1, 0.15) is 54.4 Å². The molecular weight excluding hydrogens is 372 g/mol. The Morgan fingerprint density at radius 1 is 1.29 bits per heavy atom. The van der Waals surface area contributed by atoms with Crippen LogP contribution >= 0.6 is 0 Å². The summed E-state index contributed by atoms with van der Waals surface area (Å²) in [6, 6.07) is 2.96. The molecule has 1 aliphatic rings. The SMILES string of the molecule is C=C(C)[C@@H]1CC=C(C)C(=NNc2ccc(S(=O)(=O)N(C(C)C)C(C)C)cn2)C1. The second kappa shape index (κ2) is 9.01. The van der Waals surface area contributed by atoms with E-state index in [4.69, 9.17) is 0 Å². The van der Waals surface area contributed by atoms with Crippen LogP contribution in [0.15, 0.2) is 52.1 Å². The van der Waals surface area contributed by atoms with Gasteiger partial charge < -0.3 is 0 Å². The Labute approximate surface area is 169 Å². The summed E-state index contributed by atoms with van der Waals surface area (Å²) >= 11 is 0. The lowest BCUT2D eigenvalue weighted by molar-refractivity contribution is 0.302. The predicted molar refractivity (Wildman–Crippen MR) is 116 cm³/mol. The van der Waals surface area contributed by atoms with Crippen molar-refractivity contribution in [3.63, 3.8) is 0 Å². The van der Waals surface area contributed by atoms with Crippen LogP contribution in [0, 0.1) is 5.92 Å². The standard InChI is InChI=1S/C21H32N4O2S/c1-14(2)18-9-8-17(7)20(12-18)23-24-21-11-10-19(13-22-21)28(26,27)25(15(3)4)16(5)6/h8,10-11,13,15-16,18H,1,9,12H2,2-7H3,(H,22,24)/t18-/m1/s1. The highest BCUT2D eigenvalue weighted by atomic mass is 32.2. The van der Waals surface area contributed by atoms with Gasteiger partial charge in [0, 0.05) is 18.3 Å². The molecule has 0 saturated heterocycles. The highest BCUT2D eigenvalue weighted by Gasteiger charge is 2.29. The molecule has 1 aromatic rings. The smallest absolute Gasteiger partial charge is 0.245 e. The maximum atomic E-state index is 12.9. The van der Waals surface area contributed by atoms with Crippen LogP contribution in [0.5, 0.6) is 0 Å². The van der Waals surface area contributed by atoms with Crippen molar-refractivity contribution in [3.05, 3.63) is 42.1 Å². The van der Waals surface area contributed by atoms with E-state index in [1.807, 2.05) is 41.5 Å². The van der Waals surface area contributed by atoms with Gasteiger partial charge in [0.25, 0.3) is 0 Å². The van der Waals surface area contributed by atoms with Gasteiger partial charge in [0.2, 0.25) is 10.0 Å². The molecule has 0 spiro atoms. The van der Waals surface area contributed by atoms with E-state index in [9.17, 15) is 8.42 Å². The Kier molecular flexibility index (Phi) is 7.17. The molecule has 7 heteroatoms. The lowest BCUT2D eigenvalue weighted by Crippen LogP contribution is -2.41. The number of sulfonamides is 1. The Balaban J connectivity index is 2.18. The van der Waals surface area contributed by atoms with Gasteiger partial charge in [-0.05, 0) is 78.0 Å². The van der Waals surface area contributed by atoms with Crippen molar-refractivity contribution in [3.8, 4) is 0 Å². The minimum absolute atomic E-state index is 0.128. The number of pyridine rings is 1. The molecular formula is C21H32N4O2S. The highest BCUT2D eigenvalue weighted by molar-refractivity contribution is 7.89. The van der Waals surface area contributed by atoms with E-state index in [1.165, 1.54) is 10.5 Å². The van der Waals surface area contributed by atoms with Gasteiger partial charge in [-0.2, -0.15) is 9.41 Å². The molecule has 0 aliphatic heterocycles. The molecule has 6 nitrogen and oxygen atoms in total. The topological polar surface area (TPSA) is 74.7 Å². The van der Waals surface area contributed by atoms with E-state index < -0.39 is 10.0 Å². The van der Waals surface area contributed by atoms with E-state index in [0.717, 1.165) is 29.7 Å². The molecule has 1 aliphatic carbocycles. The first-order valence-electron chi connectivity index (χ1n) is 9.68. The van der Waals surface area contributed by atoms with Crippen LogP contribution < -0.4 is 5.43 Å². The number of anilines is 1. The minimum atomic E-state index is -3.59. The monoisotopic (exact) mass is 404 g/mol. The maximum absolute atomic E-state index is 12.9. The summed E-state index contributed by atoms with van der Waals surface area (Å²) in [4.78, 5) is 4.43. The van der Waals surface area contributed by atoms with Gasteiger partial charge in [0.15, 0.2) is 0 Å². The van der Waals surface area contributed by atoms with Crippen LogP contribution in [0.4, 0.5) is 5.82 Å². The first-order valence-corrected chi connectivity index (χ1v) is 11.1. The van der Waals surface area contributed by atoms with Gasteiger partial charge in [-0.1, -0.05) is 18.2 Å². The van der Waals surface area contributed by atoms with Crippen molar-refractivity contribution in [2.45, 2.75) is 71.4 Å². The van der Waals surface area contributed by atoms with Crippen molar-refractivity contribution in [2.75, 3.05) is 5.43 Å². The number of hydrogen-bond acceptors (Lipinski definition) is 5. The summed E-state index contributed by atoms with van der Waals surface area (Å²) in [6.07, 6.45) is 5.40. The third-order valence-corrected chi connectivity index (χ3v) is 7.17. The zero-order chi connectivity index (χ0) is 21.1. The first-order chi connectivity index (χ1) is 13.0. The van der Waals surface area contributed by atoms with Crippen LogP contribution in [0.3, 0.4) is 0 Å². The van der Waals surface area contributed by atoms with Crippen molar-refractivity contribution in [1.82, 2.24) is 9.29 Å². The molecule has 0 unspecified atom stereocenters. The molecule has 0 aromatic carbocycles. The lowest BCUT2D eigenvalue weighted by atomic mass is 9.85. The van der Waals surface area contributed by atoms with Gasteiger partial charge in [0.1, 0.15) is 10.7 Å². The Morgan fingerprint density at radius 3 is 2.43 bits per heavy atom. The van der Waals surface area contributed by atoms with Crippen LogP contribution in [0.25, 0.3) is 0 Å². The molecule has 2 rings (SSSR count). The van der Waals surface area contributed by atoms with Crippen LogP contribution in [-0.4, -0.2) is 35.5 Å². The van der Waals surface area contributed by atoms with E-state index in [0.29, 0.717) is 11.7 Å². The summed E-state index contributed by atoms with van der Waals surface area (Å²) in [5, 5.41) is 4.49. The molecule has 0 radical (unpaired) electrons. The number of hydrogen-bond donors (Lipinski definition) is 1. The number of nitrogens with one attached hydrogen (secondary N) is 1. The number of allylic oxidation sites excluding steroid dienone is 3. The third-order valence-electron chi connectivity index (χ3n) is 4.94. The normalized spacial score (nSPS) is 19.4. The summed E-state index contributed by atoms with van der Waals surface area (Å²) < 4.78 is 27.3. The highest BCUT2D eigenvalue weighted by Crippen LogP contribution is 2.27. The van der Waals surface area contributed by atoms with Crippen molar-refractivity contribution >= 4 is 21.6 Å².